The van der Waals surface area contributed by atoms with Gasteiger partial charge in [-0.15, -0.1) is 0 Å². The molecular formula is C13H22N2O2. The Bertz CT molecular complexity index is 356. The molecule has 4 nitrogen and oxygen atoms in total. The van der Waals surface area contributed by atoms with Crippen LogP contribution in [0.4, 0.5) is 0 Å². The van der Waals surface area contributed by atoms with Crippen molar-refractivity contribution in [2.75, 3.05) is 13.1 Å². The summed E-state index contributed by atoms with van der Waals surface area (Å²) in [6.45, 7) is 8.93. The van der Waals surface area contributed by atoms with Gasteiger partial charge in [0.2, 0.25) is 0 Å². The minimum Gasteiger partial charge on any atom is -0.393 e. The first kappa shape index (κ1) is 12.6. The summed E-state index contributed by atoms with van der Waals surface area (Å²) in [7, 11) is 0. The first-order valence-corrected chi connectivity index (χ1v) is 6.44. The highest BCUT2D eigenvalue weighted by Crippen LogP contribution is 2.23. The molecule has 4 heteroatoms. The Hall–Kier alpha value is -0.870. The summed E-state index contributed by atoms with van der Waals surface area (Å²) in [5.74, 6) is 1.32. The van der Waals surface area contributed by atoms with Crippen LogP contribution in [0, 0.1) is 19.8 Å². The van der Waals surface area contributed by atoms with Gasteiger partial charge in [0.15, 0.2) is 0 Å². The fraction of sp³-hybridized carbons (Fsp3) is 0.769. The van der Waals surface area contributed by atoms with Crippen LogP contribution in [0.3, 0.4) is 0 Å². The molecule has 1 aromatic heterocycles. The predicted molar refractivity (Wildman–Crippen MR) is 65.7 cm³/mol. The van der Waals surface area contributed by atoms with Gasteiger partial charge >= 0.3 is 0 Å². The molecule has 0 aliphatic carbocycles. The summed E-state index contributed by atoms with van der Waals surface area (Å²) in [5, 5.41) is 13.8. The second-order valence-corrected chi connectivity index (χ2v) is 5.06. The second-order valence-electron chi connectivity index (χ2n) is 5.06. The Labute approximate surface area is 103 Å². The molecule has 0 saturated carbocycles. The van der Waals surface area contributed by atoms with Gasteiger partial charge in [-0.25, -0.2) is 0 Å². The lowest BCUT2D eigenvalue weighted by Crippen LogP contribution is -2.42. The minimum absolute atomic E-state index is 0.124. The van der Waals surface area contributed by atoms with E-state index in [2.05, 4.69) is 17.0 Å². The third-order valence-corrected chi connectivity index (χ3v) is 3.87. The van der Waals surface area contributed by atoms with Gasteiger partial charge in [0.25, 0.3) is 0 Å². The average Bonchev–Trinajstić information content (AvgIpc) is 2.63. The Morgan fingerprint density at radius 2 is 2.24 bits per heavy atom. The van der Waals surface area contributed by atoms with Crippen LogP contribution in [0.2, 0.25) is 0 Å². The van der Waals surface area contributed by atoms with E-state index in [1.165, 1.54) is 5.56 Å². The lowest BCUT2D eigenvalue weighted by atomic mass is 9.92. The van der Waals surface area contributed by atoms with Crippen molar-refractivity contribution in [3.8, 4) is 0 Å². The monoisotopic (exact) mass is 238 g/mol. The Balaban J connectivity index is 2.00. The third kappa shape index (κ3) is 2.69. The molecule has 1 aliphatic rings. The summed E-state index contributed by atoms with van der Waals surface area (Å²) in [6, 6.07) is 0. The predicted octanol–water partition coefficient (Wildman–Crippen LogP) is 1.88. The molecule has 0 amide bonds. The molecule has 2 unspecified atom stereocenters. The number of hydrogen-bond donors (Lipinski definition) is 1. The van der Waals surface area contributed by atoms with Gasteiger partial charge in [0, 0.05) is 25.2 Å². The van der Waals surface area contributed by atoms with E-state index >= 15 is 0 Å². The molecule has 2 rings (SSSR count). The fourth-order valence-corrected chi connectivity index (χ4v) is 2.59. The number of nitrogens with zero attached hydrogens (tertiary/aromatic N) is 2. The smallest absolute Gasteiger partial charge is 0.138 e. The molecule has 2 heterocycles. The van der Waals surface area contributed by atoms with E-state index in [9.17, 15) is 5.11 Å². The maximum Gasteiger partial charge on any atom is 0.138 e. The molecule has 96 valence electrons. The maximum atomic E-state index is 9.86. The van der Waals surface area contributed by atoms with Crippen molar-refractivity contribution in [1.29, 1.82) is 0 Å². The first-order chi connectivity index (χ1) is 8.11. The third-order valence-electron chi connectivity index (χ3n) is 3.87. The van der Waals surface area contributed by atoms with Crippen LogP contribution >= 0.6 is 0 Å². The van der Waals surface area contributed by atoms with Crippen molar-refractivity contribution in [2.45, 2.75) is 46.3 Å². The number of aromatic nitrogens is 1. The second kappa shape index (κ2) is 5.19. The molecule has 0 aromatic carbocycles. The van der Waals surface area contributed by atoms with Gasteiger partial charge in [-0.3, -0.25) is 4.90 Å². The van der Waals surface area contributed by atoms with Crippen molar-refractivity contribution in [3.05, 3.63) is 17.0 Å². The largest absolute Gasteiger partial charge is 0.393 e. The molecular weight excluding hydrogens is 216 g/mol. The number of aryl methyl sites for hydroxylation is 2. The van der Waals surface area contributed by atoms with E-state index in [4.69, 9.17) is 4.52 Å². The number of piperidine rings is 1. The molecule has 1 N–H and O–H groups in total. The zero-order chi connectivity index (χ0) is 12.4. The first-order valence-electron chi connectivity index (χ1n) is 6.44. The van der Waals surface area contributed by atoms with Crippen molar-refractivity contribution < 1.29 is 9.63 Å². The number of rotatable bonds is 3. The molecule has 0 spiro atoms. The number of aliphatic hydroxyl groups is 1. The van der Waals surface area contributed by atoms with Gasteiger partial charge in [0.05, 0.1) is 11.8 Å². The Kier molecular flexibility index (Phi) is 3.84. The minimum atomic E-state index is -0.124. The summed E-state index contributed by atoms with van der Waals surface area (Å²) in [6.07, 6.45) is 1.79. The molecule has 1 aromatic rings. The van der Waals surface area contributed by atoms with Gasteiger partial charge in [-0.1, -0.05) is 12.1 Å². The van der Waals surface area contributed by atoms with Gasteiger partial charge in [-0.05, 0) is 32.6 Å². The van der Waals surface area contributed by atoms with Crippen LogP contribution in [-0.4, -0.2) is 34.4 Å². The zero-order valence-electron chi connectivity index (χ0n) is 10.9. The fourth-order valence-electron chi connectivity index (χ4n) is 2.59. The molecule has 1 aliphatic heterocycles. The van der Waals surface area contributed by atoms with Crippen LogP contribution in [0.25, 0.3) is 0 Å². The van der Waals surface area contributed by atoms with E-state index in [-0.39, 0.29) is 6.10 Å². The SMILES string of the molecule is CCC1CN(Cc2c(C)noc2C)CCC1O. The normalized spacial score (nSPS) is 26.4. The van der Waals surface area contributed by atoms with E-state index in [1.807, 2.05) is 13.8 Å². The Morgan fingerprint density at radius 1 is 1.47 bits per heavy atom. The Morgan fingerprint density at radius 3 is 2.82 bits per heavy atom. The average molecular weight is 238 g/mol. The highest BCUT2D eigenvalue weighted by molar-refractivity contribution is 5.20. The number of aliphatic hydroxyl groups excluding tert-OH is 1. The summed E-state index contributed by atoms with van der Waals surface area (Å²) in [5.41, 5.74) is 2.19. The topological polar surface area (TPSA) is 49.5 Å². The lowest BCUT2D eigenvalue weighted by molar-refractivity contribution is 0.0220. The summed E-state index contributed by atoms with van der Waals surface area (Å²) >= 11 is 0. The van der Waals surface area contributed by atoms with Crippen molar-refractivity contribution in [3.63, 3.8) is 0 Å². The van der Waals surface area contributed by atoms with Crippen molar-refractivity contribution >= 4 is 0 Å². The molecule has 0 radical (unpaired) electrons. The number of likely N-dealkylation sites (tertiary alicyclic amines) is 1. The molecule has 1 fully saturated rings. The van der Waals surface area contributed by atoms with Crippen LogP contribution in [0.15, 0.2) is 4.52 Å². The molecule has 1 saturated heterocycles. The van der Waals surface area contributed by atoms with Crippen molar-refractivity contribution in [1.82, 2.24) is 10.1 Å². The summed E-state index contributed by atoms with van der Waals surface area (Å²) in [4.78, 5) is 2.40. The van der Waals surface area contributed by atoms with E-state index < -0.39 is 0 Å². The highest BCUT2D eigenvalue weighted by Gasteiger charge is 2.27. The van der Waals surface area contributed by atoms with E-state index in [0.29, 0.717) is 5.92 Å². The summed E-state index contributed by atoms with van der Waals surface area (Å²) < 4.78 is 5.19. The van der Waals surface area contributed by atoms with Crippen LogP contribution in [0.1, 0.15) is 36.8 Å². The van der Waals surface area contributed by atoms with Gasteiger partial charge in [0.1, 0.15) is 5.76 Å². The quantitative estimate of drug-likeness (QED) is 0.873. The molecule has 0 bridgehead atoms. The van der Waals surface area contributed by atoms with Crippen LogP contribution in [-0.2, 0) is 6.54 Å². The van der Waals surface area contributed by atoms with Gasteiger partial charge < -0.3 is 9.63 Å². The highest BCUT2D eigenvalue weighted by atomic mass is 16.5. The molecule has 17 heavy (non-hydrogen) atoms. The standard InChI is InChI=1S/C13H22N2O2/c1-4-11-7-15(6-5-13(11)16)8-12-9(2)14-17-10(12)3/h11,13,16H,4-8H2,1-3H3. The van der Waals surface area contributed by atoms with E-state index in [1.54, 1.807) is 0 Å². The van der Waals surface area contributed by atoms with Crippen LogP contribution < -0.4 is 0 Å². The van der Waals surface area contributed by atoms with Gasteiger partial charge in [-0.2, -0.15) is 0 Å². The van der Waals surface area contributed by atoms with Crippen molar-refractivity contribution in [2.24, 2.45) is 5.92 Å². The van der Waals surface area contributed by atoms with Crippen LogP contribution in [0.5, 0.6) is 0 Å². The molecule has 2 atom stereocenters. The maximum absolute atomic E-state index is 9.86. The lowest BCUT2D eigenvalue weighted by Gasteiger charge is -2.35. The number of hydrogen-bond acceptors (Lipinski definition) is 4. The van der Waals surface area contributed by atoms with E-state index in [0.717, 1.165) is 43.9 Å². The zero-order valence-corrected chi connectivity index (χ0v) is 10.9.